The van der Waals surface area contributed by atoms with Crippen LogP contribution in [0.15, 0.2) is 36.5 Å². The number of amides is 1. The predicted molar refractivity (Wildman–Crippen MR) is 102 cm³/mol. The highest BCUT2D eigenvalue weighted by Crippen LogP contribution is 2.33. The van der Waals surface area contributed by atoms with Crippen LogP contribution in [0.4, 0.5) is 11.5 Å². The van der Waals surface area contributed by atoms with Gasteiger partial charge in [-0.15, -0.1) is 0 Å². The lowest BCUT2D eigenvalue weighted by Crippen LogP contribution is -2.26. The maximum Gasteiger partial charge on any atom is 0.228 e. The molecule has 0 radical (unpaired) electrons. The van der Waals surface area contributed by atoms with Crippen molar-refractivity contribution in [3.8, 4) is 17.2 Å². The van der Waals surface area contributed by atoms with Gasteiger partial charge in [-0.25, -0.2) is 4.98 Å². The first-order chi connectivity index (χ1) is 12.7. The summed E-state index contributed by atoms with van der Waals surface area (Å²) in [6.45, 7) is 3.21. The second-order valence-electron chi connectivity index (χ2n) is 7.22. The van der Waals surface area contributed by atoms with E-state index in [1.54, 1.807) is 6.20 Å². The number of hydrogen-bond donors (Lipinski definition) is 1. The third-order valence-electron chi connectivity index (χ3n) is 5.27. The van der Waals surface area contributed by atoms with Gasteiger partial charge in [-0.3, -0.25) is 4.79 Å². The zero-order valence-electron chi connectivity index (χ0n) is 14.9. The van der Waals surface area contributed by atoms with Gasteiger partial charge in [0.05, 0.1) is 11.3 Å². The molecule has 1 aliphatic carbocycles. The molecule has 1 atom stereocenters. The Morgan fingerprint density at radius 2 is 2.04 bits per heavy atom. The first-order valence-electron chi connectivity index (χ1n) is 9.24. The van der Waals surface area contributed by atoms with Gasteiger partial charge in [0, 0.05) is 24.7 Å². The van der Waals surface area contributed by atoms with Gasteiger partial charge in [-0.2, -0.15) is 5.26 Å². The van der Waals surface area contributed by atoms with Crippen LogP contribution in [0.5, 0.6) is 0 Å². The number of carbonyl (C=O) groups excluding carboxylic acids is 1. The van der Waals surface area contributed by atoms with Crippen LogP contribution in [0.2, 0.25) is 0 Å². The SMILES string of the molecule is C[C@H]1CCCN1c1ccc(-c2ccnc(NC(=O)C3CC3)c2)cc1C#N. The van der Waals surface area contributed by atoms with E-state index in [1.807, 2.05) is 30.3 Å². The highest BCUT2D eigenvalue weighted by molar-refractivity contribution is 5.93. The molecule has 132 valence electrons. The zero-order valence-corrected chi connectivity index (χ0v) is 14.9. The Bertz CT molecular complexity index is 882. The van der Waals surface area contributed by atoms with Gasteiger partial charge >= 0.3 is 0 Å². The lowest BCUT2D eigenvalue weighted by Gasteiger charge is -2.25. The second kappa shape index (κ2) is 6.80. The summed E-state index contributed by atoms with van der Waals surface area (Å²) < 4.78 is 0. The molecule has 1 saturated heterocycles. The van der Waals surface area contributed by atoms with Crippen molar-refractivity contribution in [2.24, 2.45) is 5.92 Å². The molecule has 1 saturated carbocycles. The van der Waals surface area contributed by atoms with E-state index in [9.17, 15) is 10.1 Å². The van der Waals surface area contributed by atoms with E-state index in [0.717, 1.165) is 36.2 Å². The van der Waals surface area contributed by atoms with E-state index in [-0.39, 0.29) is 11.8 Å². The minimum absolute atomic E-state index is 0.0470. The molecule has 26 heavy (non-hydrogen) atoms. The summed E-state index contributed by atoms with van der Waals surface area (Å²) >= 11 is 0. The van der Waals surface area contributed by atoms with E-state index in [4.69, 9.17) is 0 Å². The molecule has 1 aromatic carbocycles. The summed E-state index contributed by atoms with van der Waals surface area (Å²) in [5.74, 6) is 0.758. The average Bonchev–Trinajstić information content (AvgIpc) is 3.43. The topological polar surface area (TPSA) is 69.0 Å². The third-order valence-corrected chi connectivity index (χ3v) is 5.27. The van der Waals surface area contributed by atoms with Gasteiger partial charge in [-0.1, -0.05) is 6.07 Å². The Balaban J connectivity index is 1.61. The highest BCUT2D eigenvalue weighted by atomic mass is 16.2. The van der Waals surface area contributed by atoms with Crippen LogP contribution < -0.4 is 10.2 Å². The second-order valence-corrected chi connectivity index (χ2v) is 7.22. The Morgan fingerprint density at radius 3 is 2.73 bits per heavy atom. The predicted octanol–water partition coefficient (Wildman–Crippen LogP) is 3.96. The number of pyridine rings is 1. The molecule has 1 amide bonds. The fourth-order valence-electron chi connectivity index (χ4n) is 3.60. The first-order valence-corrected chi connectivity index (χ1v) is 9.24. The summed E-state index contributed by atoms with van der Waals surface area (Å²) in [6, 6.07) is 12.6. The molecular formula is C21H22N4O. The number of aromatic nitrogens is 1. The first kappa shape index (κ1) is 16.6. The molecule has 2 aromatic rings. The summed E-state index contributed by atoms with van der Waals surface area (Å²) in [4.78, 5) is 18.5. The monoisotopic (exact) mass is 346 g/mol. The number of carbonyl (C=O) groups is 1. The molecule has 2 fully saturated rings. The molecule has 1 aromatic heterocycles. The number of benzene rings is 1. The van der Waals surface area contributed by atoms with Crippen molar-refractivity contribution >= 4 is 17.4 Å². The quantitative estimate of drug-likeness (QED) is 0.910. The molecule has 5 heteroatoms. The fourth-order valence-corrected chi connectivity index (χ4v) is 3.60. The number of anilines is 2. The van der Waals surface area contributed by atoms with Crippen molar-refractivity contribution in [2.45, 2.75) is 38.6 Å². The van der Waals surface area contributed by atoms with Crippen molar-refractivity contribution in [2.75, 3.05) is 16.8 Å². The van der Waals surface area contributed by atoms with Crippen LogP contribution in [0.1, 0.15) is 38.2 Å². The number of nitrogens with zero attached hydrogens (tertiary/aromatic N) is 3. The van der Waals surface area contributed by atoms with Gasteiger partial charge < -0.3 is 10.2 Å². The van der Waals surface area contributed by atoms with E-state index >= 15 is 0 Å². The molecular weight excluding hydrogens is 324 g/mol. The van der Waals surface area contributed by atoms with Crippen LogP contribution in [0, 0.1) is 17.2 Å². The molecule has 1 N–H and O–H groups in total. The molecule has 4 rings (SSSR count). The molecule has 1 aliphatic heterocycles. The molecule has 5 nitrogen and oxygen atoms in total. The summed E-state index contributed by atoms with van der Waals surface area (Å²) in [5.41, 5.74) is 3.61. The van der Waals surface area contributed by atoms with Crippen molar-refractivity contribution in [1.82, 2.24) is 4.98 Å². The zero-order chi connectivity index (χ0) is 18.1. The number of nitrogens with one attached hydrogen (secondary N) is 1. The van der Waals surface area contributed by atoms with E-state index < -0.39 is 0 Å². The van der Waals surface area contributed by atoms with Gasteiger partial charge in [0.15, 0.2) is 0 Å². The molecule has 0 unspecified atom stereocenters. The van der Waals surface area contributed by atoms with E-state index in [2.05, 4.69) is 28.2 Å². The lowest BCUT2D eigenvalue weighted by atomic mass is 10.0. The smallest absolute Gasteiger partial charge is 0.228 e. The van der Waals surface area contributed by atoms with Crippen molar-refractivity contribution in [3.63, 3.8) is 0 Å². The standard InChI is InChI=1S/C21H22N4O/c1-14-3-2-10-25(14)19-7-6-16(11-18(19)13-22)17-8-9-23-20(12-17)24-21(26)15-4-5-15/h6-9,11-12,14-15H,2-5,10H2,1H3,(H,23,24,26)/t14-/m0/s1. The number of nitriles is 1. The Labute approximate surface area is 153 Å². The van der Waals surface area contributed by atoms with Crippen molar-refractivity contribution in [3.05, 3.63) is 42.1 Å². The minimum Gasteiger partial charge on any atom is -0.368 e. The van der Waals surface area contributed by atoms with E-state index in [0.29, 0.717) is 17.4 Å². The Kier molecular flexibility index (Phi) is 4.34. The number of rotatable bonds is 4. The highest BCUT2D eigenvalue weighted by Gasteiger charge is 2.29. The minimum atomic E-state index is 0.0470. The van der Waals surface area contributed by atoms with Gasteiger partial charge in [0.1, 0.15) is 11.9 Å². The summed E-state index contributed by atoms with van der Waals surface area (Å²) in [5, 5.41) is 12.5. The Morgan fingerprint density at radius 1 is 1.23 bits per heavy atom. The van der Waals surface area contributed by atoms with Crippen LogP contribution >= 0.6 is 0 Å². The van der Waals surface area contributed by atoms with E-state index in [1.165, 1.54) is 12.8 Å². The summed E-state index contributed by atoms with van der Waals surface area (Å²) in [6.07, 6.45) is 5.96. The number of hydrogen-bond acceptors (Lipinski definition) is 4. The van der Waals surface area contributed by atoms with Crippen molar-refractivity contribution < 1.29 is 4.79 Å². The maximum absolute atomic E-state index is 11.9. The normalized spacial score (nSPS) is 19.2. The summed E-state index contributed by atoms with van der Waals surface area (Å²) in [7, 11) is 0. The van der Waals surface area contributed by atoms with Crippen LogP contribution in [0.25, 0.3) is 11.1 Å². The van der Waals surface area contributed by atoms with Gasteiger partial charge in [0.25, 0.3) is 0 Å². The van der Waals surface area contributed by atoms with Gasteiger partial charge in [0.2, 0.25) is 5.91 Å². The van der Waals surface area contributed by atoms with Gasteiger partial charge in [-0.05, 0) is 68.0 Å². The molecule has 2 heterocycles. The molecule has 2 aliphatic rings. The molecule has 0 bridgehead atoms. The maximum atomic E-state index is 11.9. The fraction of sp³-hybridized carbons (Fsp3) is 0.381. The lowest BCUT2D eigenvalue weighted by molar-refractivity contribution is -0.117. The van der Waals surface area contributed by atoms with Crippen LogP contribution in [-0.4, -0.2) is 23.5 Å². The van der Waals surface area contributed by atoms with Crippen molar-refractivity contribution in [1.29, 1.82) is 5.26 Å². The largest absolute Gasteiger partial charge is 0.368 e. The third kappa shape index (κ3) is 3.28. The Hall–Kier alpha value is -2.87. The van der Waals surface area contributed by atoms with Crippen LogP contribution in [-0.2, 0) is 4.79 Å². The average molecular weight is 346 g/mol. The molecule has 0 spiro atoms. The van der Waals surface area contributed by atoms with Crippen LogP contribution in [0.3, 0.4) is 0 Å².